The van der Waals surface area contributed by atoms with E-state index in [4.69, 9.17) is 0 Å². The molecule has 0 aliphatic carbocycles. The van der Waals surface area contributed by atoms with Crippen LogP contribution in [0, 0.1) is 6.92 Å². The van der Waals surface area contributed by atoms with Gasteiger partial charge in [-0.05, 0) is 30.7 Å². The third kappa shape index (κ3) is 3.99. The summed E-state index contributed by atoms with van der Waals surface area (Å²) in [6.45, 7) is 10.5. The number of rotatable bonds is 5. The Labute approximate surface area is 138 Å². The van der Waals surface area contributed by atoms with Crippen LogP contribution < -0.4 is 10.2 Å². The molecule has 0 unspecified atom stereocenters. The monoisotopic (exact) mass is 311 g/mol. The van der Waals surface area contributed by atoms with Crippen LogP contribution >= 0.6 is 0 Å². The fourth-order valence-corrected chi connectivity index (χ4v) is 2.89. The van der Waals surface area contributed by atoms with Gasteiger partial charge in [0.05, 0.1) is 0 Å². The Morgan fingerprint density at radius 3 is 2.61 bits per heavy atom. The van der Waals surface area contributed by atoms with E-state index in [1.165, 1.54) is 11.1 Å². The number of hydrogen-bond donors (Lipinski definition) is 1. The Hall–Kier alpha value is -2.14. The van der Waals surface area contributed by atoms with E-state index in [0.29, 0.717) is 5.95 Å². The molecule has 1 N–H and O–H groups in total. The normalized spacial score (nSPS) is 15.7. The largest absolute Gasteiger partial charge is 0.354 e. The second kappa shape index (κ2) is 7.42. The van der Waals surface area contributed by atoms with Gasteiger partial charge in [0.25, 0.3) is 0 Å². The number of aromatic nitrogens is 2. The number of aryl methyl sites for hydroxylation is 1. The van der Waals surface area contributed by atoms with Gasteiger partial charge < -0.3 is 15.1 Å². The van der Waals surface area contributed by atoms with E-state index >= 15 is 0 Å². The molecule has 1 aliphatic rings. The fraction of sp³-hybridized carbons (Fsp3) is 0.444. The molecule has 1 aliphatic heterocycles. The maximum Gasteiger partial charge on any atom is 0.224 e. The lowest BCUT2D eigenvalue weighted by Crippen LogP contribution is -2.46. The number of anilines is 2. The summed E-state index contributed by atoms with van der Waals surface area (Å²) in [6, 6.07) is 10.4. The van der Waals surface area contributed by atoms with Crippen molar-refractivity contribution in [3.63, 3.8) is 0 Å². The van der Waals surface area contributed by atoms with Crippen molar-refractivity contribution in [3.8, 4) is 0 Å². The quantitative estimate of drug-likeness (QED) is 0.919. The van der Waals surface area contributed by atoms with Crippen molar-refractivity contribution in [1.29, 1.82) is 0 Å². The molecule has 23 heavy (non-hydrogen) atoms. The zero-order valence-corrected chi connectivity index (χ0v) is 14.0. The second-order valence-corrected chi connectivity index (χ2v) is 5.94. The molecule has 1 aromatic heterocycles. The summed E-state index contributed by atoms with van der Waals surface area (Å²) in [5.74, 6) is 1.71. The molecule has 0 amide bonds. The third-order valence-corrected chi connectivity index (χ3v) is 4.48. The minimum absolute atomic E-state index is 0.698. The van der Waals surface area contributed by atoms with Crippen molar-refractivity contribution in [1.82, 2.24) is 14.9 Å². The van der Waals surface area contributed by atoms with Gasteiger partial charge in [0.2, 0.25) is 5.95 Å². The Kier molecular flexibility index (Phi) is 5.08. The molecule has 0 atom stereocenters. The number of hydrogen-bond acceptors (Lipinski definition) is 5. The van der Waals surface area contributed by atoms with Gasteiger partial charge in [-0.15, -0.1) is 0 Å². The first-order valence-electron chi connectivity index (χ1n) is 8.35. The minimum atomic E-state index is 0.698. The maximum absolute atomic E-state index is 4.68. The SMILES string of the molecule is CCN1CCN(c2ccnc(NCc3ccccc3C)n2)CC1. The van der Waals surface area contributed by atoms with Gasteiger partial charge in [0.15, 0.2) is 0 Å². The summed E-state index contributed by atoms with van der Waals surface area (Å²) < 4.78 is 0. The van der Waals surface area contributed by atoms with E-state index in [2.05, 4.69) is 63.2 Å². The average molecular weight is 311 g/mol. The van der Waals surface area contributed by atoms with Crippen molar-refractivity contribution in [3.05, 3.63) is 47.7 Å². The van der Waals surface area contributed by atoms with Crippen molar-refractivity contribution < 1.29 is 0 Å². The highest BCUT2D eigenvalue weighted by Gasteiger charge is 2.17. The highest BCUT2D eigenvalue weighted by Crippen LogP contribution is 2.15. The first-order chi connectivity index (χ1) is 11.3. The number of nitrogens with one attached hydrogen (secondary N) is 1. The number of nitrogens with zero attached hydrogens (tertiary/aromatic N) is 4. The lowest BCUT2D eigenvalue weighted by molar-refractivity contribution is 0.270. The first kappa shape index (κ1) is 15.7. The lowest BCUT2D eigenvalue weighted by Gasteiger charge is -2.34. The van der Waals surface area contributed by atoms with E-state index in [1.807, 2.05) is 12.3 Å². The van der Waals surface area contributed by atoms with Crippen molar-refractivity contribution in [2.75, 3.05) is 42.9 Å². The van der Waals surface area contributed by atoms with Crippen LogP contribution in [0.1, 0.15) is 18.1 Å². The maximum atomic E-state index is 4.68. The van der Waals surface area contributed by atoms with Crippen LogP contribution in [0.5, 0.6) is 0 Å². The summed E-state index contributed by atoms with van der Waals surface area (Å²) in [5.41, 5.74) is 2.56. The van der Waals surface area contributed by atoms with Crippen molar-refractivity contribution in [2.45, 2.75) is 20.4 Å². The van der Waals surface area contributed by atoms with Crippen LogP contribution in [0.4, 0.5) is 11.8 Å². The molecule has 2 heterocycles. The smallest absolute Gasteiger partial charge is 0.224 e. The van der Waals surface area contributed by atoms with Gasteiger partial charge in [-0.1, -0.05) is 31.2 Å². The molecule has 3 rings (SSSR count). The molecule has 0 radical (unpaired) electrons. The molecule has 1 saturated heterocycles. The van der Waals surface area contributed by atoms with Gasteiger partial charge in [0, 0.05) is 38.9 Å². The molecule has 5 nitrogen and oxygen atoms in total. The van der Waals surface area contributed by atoms with Crippen LogP contribution in [-0.2, 0) is 6.54 Å². The van der Waals surface area contributed by atoms with Crippen LogP contribution in [0.3, 0.4) is 0 Å². The Morgan fingerprint density at radius 2 is 1.87 bits per heavy atom. The number of likely N-dealkylation sites (N-methyl/N-ethyl adjacent to an activating group) is 1. The van der Waals surface area contributed by atoms with Crippen molar-refractivity contribution >= 4 is 11.8 Å². The highest BCUT2D eigenvalue weighted by molar-refractivity contribution is 5.43. The predicted octanol–water partition coefficient (Wildman–Crippen LogP) is 2.54. The molecule has 1 fully saturated rings. The van der Waals surface area contributed by atoms with E-state index in [9.17, 15) is 0 Å². The number of piperazine rings is 1. The van der Waals surface area contributed by atoms with Gasteiger partial charge >= 0.3 is 0 Å². The van der Waals surface area contributed by atoms with E-state index in [-0.39, 0.29) is 0 Å². The average Bonchev–Trinajstić information content (AvgIpc) is 2.61. The van der Waals surface area contributed by atoms with Gasteiger partial charge in [-0.3, -0.25) is 0 Å². The predicted molar refractivity (Wildman–Crippen MR) is 94.9 cm³/mol. The lowest BCUT2D eigenvalue weighted by atomic mass is 10.1. The van der Waals surface area contributed by atoms with Crippen LogP contribution in [0.2, 0.25) is 0 Å². The molecule has 1 aromatic carbocycles. The second-order valence-electron chi connectivity index (χ2n) is 5.94. The Morgan fingerprint density at radius 1 is 1.09 bits per heavy atom. The van der Waals surface area contributed by atoms with Gasteiger partial charge in [-0.2, -0.15) is 4.98 Å². The third-order valence-electron chi connectivity index (χ3n) is 4.48. The molecule has 5 heteroatoms. The van der Waals surface area contributed by atoms with Crippen LogP contribution in [-0.4, -0.2) is 47.6 Å². The van der Waals surface area contributed by atoms with Gasteiger partial charge in [-0.25, -0.2) is 4.98 Å². The molecular formula is C18H25N5. The molecule has 0 saturated carbocycles. The summed E-state index contributed by atoms with van der Waals surface area (Å²) in [6.07, 6.45) is 1.84. The zero-order valence-electron chi connectivity index (χ0n) is 14.0. The van der Waals surface area contributed by atoms with Crippen LogP contribution in [0.25, 0.3) is 0 Å². The zero-order chi connectivity index (χ0) is 16.1. The molecule has 2 aromatic rings. The number of benzene rings is 1. The topological polar surface area (TPSA) is 44.3 Å². The first-order valence-corrected chi connectivity index (χ1v) is 8.35. The van der Waals surface area contributed by atoms with Crippen LogP contribution in [0.15, 0.2) is 36.5 Å². The molecule has 0 spiro atoms. The highest BCUT2D eigenvalue weighted by atomic mass is 15.3. The fourth-order valence-electron chi connectivity index (χ4n) is 2.89. The molecule has 122 valence electrons. The van der Waals surface area contributed by atoms with E-state index in [1.54, 1.807) is 0 Å². The Bertz CT molecular complexity index is 635. The Balaban J connectivity index is 1.63. The molecular weight excluding hydrogens is 286 g/mol. The summed E-state index contributed by atoms with van der Waals surface area (Å²) >= 11 is 0. The summed E-state index contributed by atoms with van der Waals surface area (Å²) in [5, 5.41) is 3.34. The van der Waals surface area contributed by atoms with E-state index in [0.717, 1.165) is 45.1 Å². The summed E-state index contributed by atoms with van der Waals surface area (Å²) in [4.78, 5) is 13.8. The standard InChI is InChI=1S/C18H25N5/c1-3-22-10-12-23(13-11-22)17-8-9-19-18(21-17)20-14-16-7-5-4-6-15(16)2/h4-9H,3,10-14H2,1-2H3,(H,19,20,21). The van der Waals surface area contributed by atoms with Gasteiger partial charge in [0.1, 0.15) is 5.82 Å². The summed E-state index contributed by atoms with van der Waals surface area (Å²) in [7, 11) is 0. The van der Waals surface area contributed by atoms with Crippen molar-refractivity contribution in [2.24, 2.45) is 0 Å². The minimum Gasteiger partial charge on any atom is -0.354 e. The molecule has 0 bridgehead atoms. The van der Waals surface area contributed by atoms with E-state index < -0.39 is 0 Å².